The molecule has 0 radical (unpaired) electrons. The van der Waals surface area contributed by atoms with Crippen molar-refractivity contribution in [2.24, 2.45) is 5.92 Å². The lowest BCUT2D eigenvalue weighted by Gasteiger charge is -2.26. The minimum absolute atomic E-state index is 0.613. The molecule has 0 heterocycles. The molecule has 1 aliphatic carbocycles. The van der Waals surface area contributed by atoms with Gasteiger partial charge in [0.15, 0.2) is 0 Å². The number of halogens is 1. The molecule has 60 valence electrons. The predicted octanol–water partition coefficient (Wildman–Crippen LogP) is 1.24. The average molecular weight is 223 g/mol. The van der Waals surface area contributed by atoms with Gasteiger partial charge in [0, 0.05) is 11.4 Å². The molecule has 0 aromatic carbocycles. The van der Waals surface area contributed by atoms with Crippen LogP contribution in [-0.2, 0) is 4.43 Å². The van der Waals surface area contributed by atoms with Crippen molar-refractivity contribution in [1.29, 1.82) is 0 Å². The zero-order chi connectivity index (χ0) is 7.40. The van der Waals surface area contributed by atoms with Crippen molar-refractivity contribution in [3.8, 4) is 0 Å². The minimum atomic E-state index is 0.613. The van der Waals surface area contributed by atoms with Crippen molar-refractivity contribution in [3.63, 3.8) is 0 Å². The Balaban J connectivity index is 2.17. The summed E-state index contributed by atoms with van der Waals surface area (Å²) in [5.41, 5.74) is 0. The van der Waals surface area contributed by atoms with Gasteiger partial charge in [0.25, 0.3) is 0 Å². The molecule has 1 aliphatic rings. The summed E-state index contributed by atoms with van der Waals surface area (Å²) in [5, 5.41) is 1.18. The average Bonchev–Trinajstić information content (AvgIpc) is 2.05. The summed E-state index contributed by atoms with van der Waals surface area (Å²) in [7, 11) is 0.913. The van der Waals surface area contributed by atoms with Crippen LogP contribution in [0.15, 0.2) is 0 Å². The maximum Gasteiger partial charge on any atom is 0.146 e. The Morgan fingerprint density at radius 3 is 2.30 bits per heavy atom. The van der Waals surface area contributed by atoms with Crippen LogP contribution in [-0.4, -0.2) is 21.9 Å². The molecule has 0 amide bonds. The van der Waals surface area contributed by atoms with E-state index < -0.39 is 0 Å². The van der Waals surface area contributed by atoms with Crippen LogP contribution in [0.4, 0.5) is 0 Å². The summed E-state index contributed by atoms with van der Waals surface area (Å²) >= 11 is 3.52. The van der Waals surface area contributed by atoms with Gasteiger partial charge in [-0.15, -0.1) is 0 Å². The first-order valence-electron chi connectivity index (χ1n) is 3.95. The zero-order valence-electron chi connectivity index (χ0n) is 6.48. The second-order valence-corrected chi connectivity index (χ2v) is 4.15. The van der Waals surface area contributed by atoms with Crippen molar-refractivity contribution in [2.75, 3.05) is 5.33 Å². The molecule has 0 unspecified atom stereocenters. The van der Waals surface area contributed by atoms with E-state index in [9.17, 15) is 0 Å². The predicted molar refractivity (Wildman–Crippen MR) is 50.6 cm³/mol. The molecule has 0 aliphatic heterocycles. The third-order valence-corrected chi connectivity index (χ3v) is 3.93. The standard InChI is InChI=1S/C7H15BrOSi/c8-5-6-1-3-7(9-10)4-2-6/h6-7H,1-5H2,10H3/t6-,7-. The van der Waals surface area contributed by atoms with Gasteiger partial charge in [0.05, 0.1) is 0 Å². The first kappa shape index (κ1) is 8.75. The Bertz CT molecular complexity index is 79.6. The largest absolute Gasteiger partial charge is 0.425 e. The Morgan fingerprint density at radius 2 is 1.90 bits per heavy atom. The molecule has 0 aromatic rings. The lowest BCUT2D eigenvalue weighted by atomic mass is 9.89. The molecular formula is C7H15BrOSi. The van der Waals surface area contributed by atoms with Crippen molar-refractivity contribution in [1.82, 2.24) is 0 Å². The van der Waals surface area contributed by atoms with Gasteiger partial charge in [-0.25, -0.2) is 0 Å². The third-order valence-electron chi connectivity index (χ3n) is 2.35. The molecule has 0 aromatic heterocycles. The van der Waals surface area contributed by atoms with Gasteiger partial charge in [-0.3, -0.25) is 0 Å². The van der Waals surface area contributed by atoms with E-state index in [-0.39, 0.29) is 0 Å². The molecule has 0 spiro atoms. The summed E-state index contributed by atoms with van der Waals surface area (Å²) in [6.45, 7) is 0. The number of hydrogen-bond acceptors (Lipinski definition) is 1. The molecule has 1 fully saturated rings. The van der Waals surface area contributed by atoms with E-state index in [1.54, 1.807) is 0 Å². The lowest BCUT2D eigenvalue weighted by Crippen LogP contribution is -2.21. The quantitative estimate of drug-likeness (QED) is 0.505. The Labute approximate surface area is 74.2 Å². The monoisotopic (exact) mass is 222 g/mol. The molecule has 0 saturated heterocycles. The first-order valence-corrected chi connectivity index (χ1v) is 5.89. The van der Waals surface area contributed by atoms with Crippen LogP contribution in [0, 0.1) is 5.92 Å². The van der Waals surface area contributed by atoms with E-state index in [2.05, 4.69) is 15.9 Å². The summed E-state index contributed by atoms with van der Waals surface area (Å²) in [6.07, 6.45) is 5.91. The normalized spacial score (nSPS) is 34.5. The highest BCUT2D eigenvalue weighted by Crippen LogP contribution is 2.26. The topological polar surface area (TPSA) is 9.23 Å². The van der Waals surface area contributed by atoms with E-state index in [1.807, 2.05) is 0 Å². The highest BCUT2D eigenvalue weighted by molar-refractivity contribution is 9.09. The smallest absolute Gasteiger partial charge is 0.146 e. The van der Waals surface area contributed by atoms with Gasteiger partial charge < -0.3 is 4.43 Å². The van der Waals surface area contributed by atoms with Crippen molar-refractivity contribution < 1.29 is 4.43 Å². The Kier molecular flexibility index (Phi) is 3.95. The first-order chi connectivity index (χ1) is 4.86. The maximum atomic E-state index is 5.41. The molecule has 1 nitrogen and oxygen atoms in total. The highest BCUT2D eigenvalue weighted by atomic mass is 79.9. The fourth-order valence-electron chi connectivity index (χ4n) is 1.52. The molecule has 0 atom stereocenters. The summed E-state index contributed by atoms with van der Waals surface area (Å²) in [4.78, 5) is 0. The lowest BCUT2D eigenvalue weighted by molar-refractivity contribution is 0.149. The number of hydrogen-bond donors (Lipinski definition) is 0. The van der Waals surface area contributed by atoms with Crippen molar-refractivity contribution in [3.05, 3.63) is 0 Å². The molecule has 0 N–H and O–H groups in total. The summed E-state index contributed by atoms with van der Waals surface area (Å²) in [5.74, 6) is 0.924. The fourth-order valence-corrected chi connectivity index (χ4v) is 2.64. The van der Waals surface area contributed by atoms with Crippen molar-refractivity contribution in [2.45, 2.75) is 31.8 Å². The second kappa shape index (κ2) is 4.52. The second-order valence-electron chi connectivity index (χ2n) is 3.03. The van der Waals surface area contributed by atoms with Gasteiger partial charge in [0.1, 0.15) is 10.5 Å². The van der Waals surface area contributed by atoms with Gasteiger partial charge in [-0.05, 0) is 31.6 Å². The minimum Gasteiger partial charge on any atom is -0.425 e. The van der Waals surface area contributed by atoms with Crippen molar-refractivity contribution >= 4 is 26.4 Å². The molecule has 1 saturated carbocycles. The molecule has 10 heavy (non-hydrogen) atoms. The third kappa shape index (κ3) is 2.36. The van der Waals surface area contributed by atoms with E-state index in [1.165, 1.54) is 31.0 Å². The fraction of sp³-hybridized carbons (Fsp3) is 1.00. The molecular weight excluding hydrogens is 208 g/mol. The van der Waals surface area contributed by atoms with Gasteiger partial charge >= 0.3 is 0 Å². The van der Waals surface area contributed by atoms with Crippen LogP contribution < -0.4 is 0 Å². The Hall–Kier alpha value is 0.657. The number of alkyl halides is 1. The van der Waals surface area contributed by atoms with Gasteiger partial charge in [-0.2, -0.15) is 0 Å². The Morgan fingerprint density at radius 1 is 1.30 bits per heavy atom. The van der Waals surface area contributed by atoms with Crippen LogP contribution in [0.5, 0.6) is 0 Å². The van der Waals surface area contributed by atoms with Gasteiger partial charge in [-0.1, -0.05) is 15.9 Å². The van der Waals surface area contributed by atoms with Crippen LogP contribution in [0.1, 0.15) is 25.7 Å². The van der Waals surface area contributed by atoms with E-state index >= 15 is 0 Å². The van der Waals surface area contributed by atoms with Gasteiger partial charge in [0.2, 0.25) is 0 Å². The van der Waals surface area contributed by atoms with E-state index in [0.29, 0.717) is 6.10 Å². The van der Waals surface area contributed by atoms with Crippen LogP contribution in [0.3, 0.4) is 0 Å². The maximum absolute atomic E-state index is 5.41. The van der Waals surface area contributed by atoms with E-state index in [0.717, 1.165) is 16.4 Å². The molecule has 1 rings (SSSR count). The van der Waals surface area contributed by atoms with E-state index in [4.69, 9.17) is 4.43 Å². The molecule has 0 bridgehead atoms. The van der Waals surface area contributed by atoms with Crippen LogP contribution >= 0.6 is 15.9 Å². The summed E-state index contributed by atoms with van der Waals surface area (Å²) < 4.78 is 5.41. The van der Waals surface area contributed by atoms with Crippen LogP contribution in [0.25, 0.3) is 0 Å². The molecule has 3 heteroatoms. The SMILES string of the molecule is [SiH3]O[C@H]1CC[C@H](CBr)CC1. The zero-order valence-corrected chi connectivity index (χ0v) is 10.1. The summed E-state index contributed by atoms with van der Waals surface area (Å²) in [6, 6.07) is 0. The van der Waals surface area contributed by atoms with Crippen LogP contribution in [0.2, 0.25) is 0 Å². The highest BCUT2D eigenvalue weighted by Gasteiger charge is 2.18. The number of rotatable bonds is 2.